The fourth-order valence-corrected chi connectivity index (χ4v) is 2.97. The molecule has 0 saturated heterocycles. The van der Waals surface area contributed by atoms with Gasteiger partial charge in [0.1, 0.15) is 11.6 Å². The first-order valence-corrected chi connectivity index (χ1v) is 8.40. The summed E-state index contributed by atoms with van der Waals surface area (Å²) in [6, 6.07) is 5.09. The Labute approximate surface area is 157 Å². The van der Waals surface area contributed by atoms with Gasteiger partial charge < -0.3 is 9.30 Å². The summed E-state index contributed by atoms with van der Waals surface area (Å²) in [4.78, 5) is 24.8. The lowest BCUT2D eigenvalue weighted by atomic mass is 10.00. The van der Waals surface area contributed by atoms with Crippen molar-refractivity contribution in [1.29, 1.82) is 0 Å². The van der Waals surface area contributed by atoms with E-state index in [1.807, 2.05) is 0 Å². The van der Waals surface area contributed by atoms with Gasteiger partial charge in [-0.3, -0.25) is 14.9 Å². The number of methoxy groups -OCH3 is 1. The van der Waals surface area contributed by atoms with Crippen LogP contribution < -0.4 is 15.6 Å². The van der Waals surface area contributed by atoms with Crippen molar-refractivity contribution < 1.29 is 13.9 Å². The molecule has 1 N–H and O–H groups in total. The molecule has 0 saturated carbocycles. The van der Waals surface area contributed by atoms with Crippen molar-refractivity contribution in [2.24, 2.45) is 7.05 Å². The molecule has 1 amide bonds. The number of amides is 1. The maximum atomic E-state index is 13.8. The van der Waals surface area contributed by atoms with Crippen LogP contribution in [-0.4, -0.2) is 27.8 Å². The van der Waals surface area contributed by atoms with Gasteiger partial charge in [-0.2, -0.15) is 0 Å². The average molecular weight is 384 g/mol. The highest BCUT2D eigenvalue weighted by Gasteiger charge is 2.19. The number of terminal acetylenes is 1. The van der Waals surface area contributed by atoms with Crippen molar-refractivity contribution >= 4 is 22.4 Å². The van der Waals surface area contributed by atoms with Crippen molar-refractivity contribution in [3.05, 3.63) is 57.2 Å². The lowest BCUT2D eigenvalue weighted by Crippen LogP contribution is -2.21. The summed E-state index contributed by atoms with van der Waals surface area (Å²) in [6.45, 7) is 0. The van der Waals surface area contributed by atoms with Crippen molar-refractivity contribution in [2.75, 3.05) is 12.4 Å². The molecule has 0 aliphatic carbocycles. The normalized spacial score (nSPS) is 10.3. The van der Waals surface area contributed by atoms with Gasteiger partial charge in [0, 0.05) is 30.4 Å². The minimum Gasteiger partial charge on any atom is -0.496 e. The first-order valence-electron chi connectivity index (χ1n) is 7.59. The Balaban J connectivity index is 2.12. The van der Waals surface area contributed by atoms with Crippen molar-refractivity contribution in [2.45, 2.75) is 0 Å². The summed E-state index contributed by atoms with van der Waals surface area (Å²) in [5.41, 5.74) is 0.299. The van der Waals surface area contributed by atoms with Crippen LogP contribution in [0.1, 0.15) is 15.4 Å². The lowest BCUT2D eigenvalue weighted by molar-refractivity contribution is 0.102. The third-order valence-corrected chi connectivity index (χ3v) is 4.46. The number of nitrogens with zero attached hydrogens (tertiary/aromatic N) is 3. The first kappa shape index (κ1) is 18.3. The molecule has 0 atom stereocenters. The van der Waals surface area contributed by atoms with Gasteiger partial charge in [0.2, 0.25) is 5.13 Å². The lowest BCUT2D eigenvalue weighted by Gasteiger charge is -2.14. The zero-order chi connectivity index (χ0) is 19.6. The number of ether oxygens (including phenoxy) is 1. The molecule has 3 aromatic rings. The van der Waals surface area contributed by atoms with E-state index in [-0.39, 0.29) is 10.7 Å². The molecular weight excluding hydrogens is 371 g/mol. The molecule has 3 rings (SSSR count). The number of nitrogens with one attached hydrogen (secondary N) is 1. The summed E-state index contributed by atoms with van der Waals surface area (Å²) in [7, 11) is 2.96. The van der Waals surface area contributed by atoms with Gasteiger partial charge in [0.15, 0.2) is 5.01 Å². The number of rotatable bonds is 4. The van der Waals surface area contributed by atoms with Crippen molar-refractivity contribution in [1.82, 2.24) is 14.8 Å². The molecular formula is C18H13FN4O3S. The van der Waals surface area contributed by atoms with Crippen LogP contribution >= 0.6 is 11.3 Å². The largest absolute Gasteiger partial charge is 0.496 e. The van der Waals surface area contributed by atoms with Gasteiger partial charge >= 0.3 is 0 Å². The molecule has 2 aromatic heterocycles. The standard InChI is InChI=1S/C18H13FN4O3S/c1-4-15-21-22-18(27-15)20-17(25)12-8-16(24)23(2)9-13(12)11-7-10(19)5-6-14(11)26-3/h1,5-9H,2-3H3,(H,20,22,25). The Kier molecular flexibility index (Phi) is 5.00. The summed E-state index contributed by atoms with van der Waals surface area (Å²) < 4.78 is 20.4. The highest BCUT2D eigenvalue weighted by molar-refractivity contribution is 7.15. The van der Waals surface area contributed by atoms with E-state index in [1.165, 1.54) is 43.1 Å². The number of anilines is 1. The zero-order valence-corrected chi connectivity index (χ0v) is 15.1. The van der Waals surface area contributed by atoms with E-state index >= 15 is 0 Å². The Hall–Kier alpha value is -3.51. The third-order valence-electron chi connectivity index (χ3n) is 3.69. The molecule has 9 heteroatoms. The van der Waals surface area contributed by atoms with Crippen LogP contribution in [0.15, 0.2) is 35.3 Å². The molecule has 2 heterocycles. The van der Waals surface area contributed by atoms with Gasteiger partial charge in [-0.15, -0.1) is 16.6 Å². The molecule has 1 aromatic carbocycles. The van der Waals surface area contributed by atoms with Gasteiger partial charge in [0.05, 0.1) is 12.7 Å². The Morgan fingerprint density at radius 3 is 2.78 bits per heavy atom. The second-order valence-electron chi connectivity index (χ2n) is 5.41. The molecule has 0 aliphatic rings. The van der Waals surface area contributed by atoms with E-state index in [9.17, 15) is 14.0 Å². The van der Waals surface area contributed by atoms with Crippen LogP contribution in [0.2, 0.25) is 0 Å². The van der Waals surface area contributed by atoms with Gasteiger partial charge in [0.25, 0.3) is 11.5 Å². The molecule has 0 aliphatic heterocycles. The van der Waals surface area contributed by atoms with E-state index in [4.69, 9.17) is 11.2 Å². The number of carbonyl (C=O) groups is 1. The summed E-state index contributed by atoms with van der Waals surface area (Å²) in [5, 5.41) is 10.5. The second-order valence-corrected chi connectivity index (χ2v) is 6.38. The number of aromatic nitrogens is 3. The highest BCUT2D eigenvalue weighted by atomic mass is 32.1. The van der Waals surface area contributed by atoms with E-state index in [1.54, 1.807) is 0 Å². The minimum absolute atomic E-state index is 0.0412. The Morgan fingerprint density at radius 2 is 2.11 bits per heavy atom. The number of hydrogen-bond donors (Lipinski definition) is 1. The monoisotopic (exact) mass is 384 g/mol. The number of halogens is 1. The summed E-state index contributed by atoms with van der Waals surface area (Å²) in [5.74, 6) is 1.56. The highest BCUT2D eigenvalue weighted by Crippen LogP contribution is 2.32. The predicted molar refractivity (Wildman–Crippen MR) is 99.4 cm³/mol. The number of hydrogen-bond acceptors (Lipinski definition) is 6. The summed E-state index contributed by atoms with van der Waals surface area (Å²) in [6.07, 6.45) is 6.69. The van der Waals surface area contributed by atoms with E-state index < -0.39 is 17.3 Å². The van der Waals surface area contributed by atoms with Gasteiger partial charge in [-0.1, -0.05) is 11.3 Å². The second kappa shape index (κ2) is 7.39. The van der Waals surface area contributed by atoms with Crippen LogP contribution in [0, 0.1) is 18.2 Å². The SMILES string of the molecule is C#Cc1nnc(NC(=O)c2cc(=O)n(C)cc2-c2cc(F)ccc2OC)s1. The molecule has 0 fully saturated rings. The smallest absolute Gasteiger partial charge is 0.258 e. The molecule has 0 spiro atoms. The quantitative estimate of drug-likeness (QED) is 0.698. The minimum atomic E-state index is -0.603. The Morgan fingerprint density at radius 1 is 1.33 bits per heavy atom. The number of pyridine rings is 1. The van der Waals surface area contributed by atoms with E-state index in [0.29, 0.717) is 21.9 Å². The molecule has 136 valence electrons. The molecule has 7 nitrogen and oxygen atoms in total. The molecule has 27 heavy (non-hydrogen) atoms. The van der Waals surface area contributed by atoms with Crippen LogP contribution in [0.25, 0.3) is 11.1 Å². The fourth-order valence-electron chi connectivity index (χ4n) is 2.42. The van der Waals surface area contributed by atoms with Gasteiger partial charge in [-0.25, -0.2) is 4.39 Å². The molecule has 0 bridgehead atoms. The fraction of sp³-hybridized carbons (Fsp3) is 0.111. The number of aryl methyl sites for hydroxylation is 1. The molecule has 0 radical (unpaired) electrons. The van der Waals surface area contributed by atoms with Crippen LogP contribution in [-0.2, 0) is 7.05 Å². The maximum Gasteiger partial charge on any atom is 0.258 e. The maximum absolute atomic E-state index is 13.8. The number of carbonyl (C=O) groups excluding carboxylic acids is 1. The predicted octanol–water partition coefficient (Wildman–Crippen LogP) is 2.29. The Bertz CT molecular complexity index is 1130. The average Bonchev–Trinajstić information content (AvgIpc) is 3.11. The van der Waals surface area contributed by atoms with Gasteiger partial charge in [-0.05, 0) is 24.1 Å². The van der Waals surface area contributed by atoms with Crippen molar-refractivity contribution in [3.63, 3.8) is 0 Å². The van der Waals surface area contributed by atoms with Crippen LogP contribution in [0.5, 0.6) is 5.75 Å². The van der Waals surface area contributed by atoms with E-state index in [0.717, 1.165) is 17.4 Å². The van der Waals surface area contributed by atoms with Crippen LogP contribution in [0.4, 0.5) is 9.52 Å². The van der Waals surface area contributed by atoms with Crippen molar-refractivity contribution in [3.8, 4) is 29.2 Å². The van der Waals surface area contributed by atoms with Crippen LogP contribution in [0.3, 0.4) is 0 Å². The zero-order valence-electron chi connectivity index (χ0n) is 14.3. The number of benzene rings is 1. The third kappa shape index (κ3) is 3.70. The van der Waals surface area contributed by atoms with E-state index in [2.05, 4.69) is 21.4 Å². The topological polar surface area (TPSA) is 86.1 Å². The molecule has 0 unspecified atom stereocenters. The first-order chi connectivity index (χ1) is 12.9. The summed E-state index contributed by atoms with van der Waals surface area (Å²) >= 11 is 1.02.